The topological polar surface area (TPSA) is 114 Å². The van der Waals surface area contributed by atoms with Gasteiger partial charge in [-0.15, -0.1) is 0 Å². The fourth-order valence-electron chi connectivity index (χ4n) is 3.65. The molecule has 2 N–H and O–H groups in total. The van der Waals surface area contributed by atoms with Gasteiger partial charge < -0.3 is 38.2 Å². The third kappa shape index (κ3) is 6.81. The second kappa shape index (κ2) is 13.0. The molecule has 13 heteroatoms. The summed E-state index contributed by atoms with van der Waals surface area (Å²) in [6.45, 7) is 7.27. The van der Waals surface area contributed by atoms with Gasteiger partial charge in [-0.25, -0.2) is 0 Å². The van der Waals surface area contributed by atoms with E-state index in [0.29, 0.717) is 11.3 Å². The van der Waals surface area contributed by atoms with Crippen LogP contribution in [0.4, 0.5) is 11.4 Å². The van der Waals surface area contributed by atoms with E-state index in [0.717, 1.165) is 10.2 Å². The molecule has 2 atom stereocenters. The van der Waals surface area contributed by atoms with Crippen LogP contribution in [0.1, 0.15) is 33.3 Å². The molecule has 0 aromatic heterocycles. The van der Waals surface area contributed by atoms with Gasteiger partial charge in [-0.3, -0.25) is 9.13 Å². The van der Waals surface area contributed by atoms with E-state index >= 15 is 0 Å². The third-order valence-corrected chi connectivity index (χ3v) is 11.4. The summed E-state index contributed by atoms with van der Waals surface area (Å²) in [5.74, 6) is 0. The molecule has 190 valence electrons. The zero-order valence-electron chi connectivity index (χ0n) is 20.0. The molecule has 2 rings (SSSR count). The number of halogens is 1. The molecule has 33 heavy (non-hydrogen) atoms. The molecule has 1 aliphatic heterocycles. The summed E-state index contributed by atoms with van der Waals surface area (Å²) >= 11 is 3.53. The molecule has 0 bridgehead atoms. The molecule has 2 unspecified atom stereocenters. The first kappa shape index (κ1) is 28.8. The fraction of sp³-hybridized carbons (Fsp3) is 0.700. The molecule has 0 spiro atoms. The normalized spacial score (nSPS) is 18.7. The first-order valence-corrected chi connectivity index (χ1v) is 14.9. The summed E-state index contributed by atoms with van der Waals surface area (Å²) in [6, 6.07) is 3.74. The van der Waals surface area contributed by atoms with E-state index in [2.05, 4.69) is 26.6 Å². The summed E-state index contributed by atoms with van der Waals surface area (Å²) in [4.78, 5) is 0. The molecule has 0 aliphatic carbocycles. The highest BCUT2D eigenvalue weighted by Gasteiger charge is 2.51. The van der Waals surface area contributed by atoms with Crippen molar-refractivity contribution in [1.29, 1.82) is 0 Å². The average molecular weight is 573 g/mol. The van der Waals surface area contributed by atoms with E-state index < -0.39 is 33.0 Å². The monoisotopic (exact) mass is 572 g/mol. The number of ether oxygens (including phenoxy) is 2. The second-order valence-electron chi connectivity index (χ2n) is 7.02. The lowest BCUT2D eigenvalue weighted by Crippen LogP contribution is -2.45. The summed E-state index contributed by atoms with van der Waals surface area (Å²) in [6.07, 6.45) is -0.882. The van der Waals surface area contributed by atoms with Gasteiger partial charge in [0, 0.05) is 25.1 Å². The van der Waals surface area contributed by atoms with E-state index in [1.165, 1.54) is 0 Å². The van der Waals surface area contributed by atoms with E-state index in [-0.39, 0.29) is 32.8 Å². The summed E-state index contributed by atoms with van der Waals surface area (Å²) in [5.41, 5.74) is 2.14. The molecule has 1 heterocycles. The van der Waals surface area contributed by atoms with E-state index in [1.807, 2.05) is 12.1 Å². The van der Waals surface area contributed by atoms with Gasteiger partial charge in [0.2, 0.25) is 0 Å². The van der Waals surface area contributed by atoms with Gasteiger partial charge in [-0.2, -0.15) is 0 Å². The van der Waals surface area contributed by atoms with Crippen LogP contribution in [-0.4, -0.2) is 58.5 Å². The maximum Gasteiger partial charge on any atom is 0.346 e. The van der Waals surface area contributed by atoms with E-state index in [9.17, 15) is 9.13 Å². The highest BCUT2D eigenvalue weighted by Crippen LogP contribution is 2.71. The Labute approximate surface area is 204 Å². The van der Waals surface area contributed by atoms with Crippen molar-refractivity contribution in [2.75, 3.05) is 51.3 Å². The first-order valence-electron chi connectivity index (χ1n) is 10.9. The number of rotatable bonds is 14. The number of hydrogen-bond acceptors (Lipinski definition) is 10. The Morgan fingerprint density at radius 2 is 1.30 bits per heavy atom. The first-order chi connectivity index (χ1) is 15.7. The molecular formula is C20H35BrN2O8P2. The summed E-state index contributed by atoms with van der Waals surface area (Å²) < 4.78 is 62.0. The van der Waals surface area contributed by atoms with Gasteiger partial charge in [-0.1, -0.05) is 15.9 Å². The predicted octanol–water partition coefficient (Wildman–Crippen LogP) is 5.63. The van der Waals surface area contributed by atoms with Crippen LogP contribution in [0.3, 0.4) is 0 Å². The van der Waals surface area contributed by atoms with Crippen molar-refractivity contribution in [1.82, 2.24) is 0 Å². The van der Waals surface area contributed by atoms with Crippen molar-refractivity contribution in [3.05, 3.63) is 22.2 Å². The second-order valence-corrected chi connectivity index (χ2v) is 12.8. The largest absolute Gasteiger partial charge is 0.357 e. The van der Waals surface area contributed by atoms with Gasteiger partial charge in [0.15, 0.2) is 17.9 Å². The van der Waals surface area contributed by atoms with Crippen LogP contribution in [0.2, 0.25) is 0 Å². The third-order valence-electron chi connectivity index (χ3n) is 4.92. The lowest BCUT2D eigenvalue weighted by atomic mass is 10.1. The van der Waals surface area contributed by atoms with Crippen LogP contribution >= 0.6 is 31.1 Å². The Balaban J connectivity index is 2.62. The van der Waals surface area contributed by atoms with Crippen LogP contribution in [0, 0.1) is 0 Å². The quantitative estimate of drug-likeness (QED) is 0.272. The minimum Gasteiger partial charge on any atom is -0.357 e. The summed E-state index contributed by atoms with van der Waals surface area (Å²) in [5, 5.41) is 5.41. The highest BCUT2D eigenvalue weighted by molar-refractivity contribution is 9.10. The van der Waals surface area contributed by atoms with Gasteiger partial charge >= 0.3 is 15.2 Å². The Hall–Kier alpha value is -0.480. The van der Waals surface area contributed by atoms with Crippen molar-refractivity contribution >= 4 is 42.5 Å². The number of benzene rings is 1. The molecule has 10 nitrogen and oxygen atoms in total. The molecule has 0 saturated carbocycles. The average Bonchev–Trinajstić information content (AvgIpc) is 2.76. The number of hydrogen-bond donors (Lipinski definition) is 2. The zero-order chi connectivity index (χ0) is 24.6. The van der Waals surface area contributed by atoms with Gasteiger partial charge in [0.1, 0.15) is 0 Å². The van der Waals surface area contributed by atoms with Crippen LogP contribution in [-0.2, 0) is 43.1 Å². The Kier molecular flexibility index (Phi) is 11.3. The van der Waals surface area contributed by atoms with E-state index in [4.69, 9.17) is 27.6 Å². The van der Waals surface area contributed by atoms with Crippen molar-refractivity contribution in [3.63, 3.8) is 0 Å². The lowest BCUT2D eigenvalue weighted by Gasteiger charge is -2.36. The van der Waals surface area contributed by atoms with Crippen molar-refractivity contribution < 1.29 is 36.7 Å². The molecular weight excluding hydrogens is 538 g/mol. The van der Waals surface area contributed by atoms with Crippen LogP contribution < -0.4 is 10.6 Å². The number of methoxy groups -OCH3 is 2. The molecule has 0 fully saturated rings. The van der Waals surface area contributed by atoms with Crippen LogP contribution in [0.25, 0.3) is 0 Å². The maximum atomic E-state index is 13.9. The number of fused-ring (bicyclic) bond motifs is 1. The summed E-state index contributed by atoms with van der Waals surface area (Å²) in [7, 11) is -4.66. The molecule has 1 aromatic carbocycles. The number of anilines is 2. The standard InChI is InChI=1S/C20H35BrN2O8P2/c1-7-28-32(24,29-8-2)17(33(25,30-9-3)31-10-4)12-14-11-15(21)13-16-18(14)23-20(27-6)19(22-16)26-5/h11,13,17,19-20,22-23H,7-10,12H2,1-6H3. The fourth-order valence-corrected chi connectivity index (χ4v) is 9.46. The SMILES string of the molecule is CCOP(=O)(OCC)C(Cc1cc(Br)cc2c1NC(OC)C(OC)N2)P(=O)(OCC)OCC. The van der Waals surface area contributed by atoms with Crippen LogP contribution in [0.15, 0.2) is 16.6 Å². The highest BCUT2D eigenvalue weighted by atomic mass is 79.9. The van der Waals surface area contributed by atoms with E-state index in [1.54, 1.807) is 41.9 Å². The predicted molar refractivity (Wildman–Crippen MR) is 132 cm³/mol. The minimum atomic E-state index is -3.90. The molecule has 1 aliphatic rings. The minimum absolute atomic E-state index is 0.0408. The Morgan fingerprint density at radius 3 is 1.73 bits per heavy atom. The van der Waals surface area contributed by atoms with Crippen molar-refractivity contribution in [2.45, 2.75) is 52.0 Å². The smallest absolute Gasteiger partial charge is 0.346 e. The van der Waals surface area contributed by atoms with Crippen molar-refractivity contribution in [2.24, 2.45) is 0 Å². The molecule has 0 saturated heterocycles. The Morgan fingerprint density at radius 1 is 0.848 bits per heavy atom. The van der Waals surface area contributed by atoms with Crippen molar-refractivity contribution in [3.8, 4) is 0 Å². The van der Waals surface area contributed by atoms with Gasteiger partial charge in [-0.05, 0) is 45.4 Å². The Bertz CT molecular complexity index is 825. The maximum absolute atomic E-state index is 13.9. The zero-order valence-corrected chi connectivity index (χ0v) is 23.3. The van der Waals surface area contributed by atoms with Gasteiger partial charge in [0.05, 0.1) is 37.8 Å². The van der Waals surface area contributed by atoms with Gasteiger partial charge in [0.25, 0.3) is 0 Å². The molecule has 0 radical (unpaired) electrons. The lowest BCUT2D eigenvalue weighted by molar-refractivity contribution is -0.00803. The molecule has 1 aromatic rings. The number of nitrogens with one attached hydrogen (secondary N) is 2. The van der Waals surface area contributed by atoms with Crippen LogP contribution in [0.5, 0.6) is 0 Å². The molecule has 0 amide bonds.